The van der Waals surface area contributed by atoms with Gasteiger partial charge in [0.2, 0.25) is 0 Å². The van der Waals surface area contributed by atoms with Crippen LogP contribution in [-0.2, 0) is 6.42 Å². The van der Waals surface area contributed by atoms with Gasteiger partial charge in [0.25, 0.3) is 0 Å². The van der Waals surface area contributed by atoms with Gasteiger partial charge in [-0.3, -0.25) is 0 Å². The highest BCUT2D eigenvalue weighted by Gasteiger charge is 2.13. The Balaban J connectivity index is 2.18. The predicted molar refractivity (Wildman–Crippen MR) is 82.8 cm³/mol. The largest absolute Gasteiger partial charge is 0.372 e. The minimum atomic E-state index is 0.637. The zero-order valence-electron chi connectivity index (χ0n) is 11.3. The van der Waals surface area contributed by atoms with E-state index in [1.807, 2.05) is 42.0 Å². The molecule has 0 radical (unpaired) electrons. The van der Waals surface area contributed by atoms with Gasteiger partial charge in [0.1, 0.15) is 17.2 Å². The average molecular weight is 332 g/mol. The van der Waals surface area contributed by atoms with Crippen LogP contribution in [0.4, 0.5) is 5.82 Å². The standard InChI is InChI=1S/C14H14BrN5/c1-3-9-12(15)14(16-2)19-13(18-9)10-8-20-7-5-4-6-11(20)17-10/h4-8H,3H2,1-2H3,(H,16,18,19). The van der Waals surface area contributed by atoms with E-state index in [-0.39, 0.29) is 0 Å². The molecule has 0 saturated carbocycles. The second-order valence-corrected chi connectivity index (χ2v) is 5.15. The summed E-state index contributed by atoms with van der Waals surface area (Å²) in [5.74, 6) is 1.42. The number of halogens is 1. The Bertz CT molecular complexity index is 707. The van der Waals surface area contributed by atoms with Crippen molar-refractivity contribution in [3.63, 3.8) is 0 Å². The van der Waals surface area contributed by atoms with E-state index < -0.39 is 0 Å². The number of rotatable bonds is 3. The molecule has 0 aliphatic carbocycles. The number of imidazole rings is 1. The summed E-state index contributed by atoms with van der Waals surface area (Å²) >= 11 is 3.53. The van der Waals surface area contributed by atoms with E-state index in [1.165, 1.54) is 0 Å². The van der Waals surface area contributed by atoms with Gasteiger partial charge in [-0.25, -0.2) is 15.0 Å². The van der Waals surface area contributed by atoms with Crippen LogP contribution < -0.4 is 5.32 Å². The third kappa shape index (κ3) is 2.16. The van der Waals surface area contributed by atoms with E-state index >= 15 is 0 Å². The minimum Gasteiger partial charge on any atom is -0.372 e. The van der Waals surface area contributed by atoms with Gasteiger partial charge >= 0.3 is 0 Å². The maximum absolute atomic E-state index is 4.59. The van der Waals surface area contributed by atoms with E-state index in [9.17, 15) is 0 Å². The quantitative estimate of drug-likeness (QED) is 0.800. The molecule has 0 aromatic carbocycles. The Morgan fingerprint density at radius 3 is 2.80 bits per heavy atom. The Labute approximate surface area is 125 Å². The predicted octanol–water partition coefficient (Wildman–Crippen LogP) is 3.16. The molecule has 0 spiro atoms. The van der Waals surface area contributed by atoms with Crippen LogP contribution in [-0.4, -0.2) is 26.4 Å². The van der Waals surface area contributed by atoms with Crippen molar-refractivity contribution in [3.8, 4) is 11.5 Å². The number of nitrogens with zero attached hydrogens (tertiary/aromatic N) is 4. The Morgan fingerprint density at radius 1 is 1.25 bits per heavy atom. The molecule has 0 unspecified atom stereocenters. The Hall–Kier alpha value is -1.95. The molecule has 3 aromatic rings. The molecular weight excluding hydrogens is 318 g/mol. The molecule has 6 heteroatoms. The van der Waals surface area contributed by atoms with Crippen molar-refractivity contribution >= 4 is 27.4 Å². The molecule has 3 aromatic heterocycles. The van der Waals surface area contributed by atoms with Crippen molar-refractivity contribution in [3.05, 3.63) is 40.8 Å². The van der Waals surface area contributed by atoms with E-state index in [1.54, 1.807) is 0 Å². The molecule has 0 aliphatic heterocycles. The molecule has 102 valence electrons. The van der Waals surface area contributed by atoms with Gasteiger partial charge in [0, 0.05) is 19.4 Å². The molecule has 0 saturated heterocycles. The van der Waals surface area contributed by atoms with Gasteiger partial charge in [-0.05, 0) is 34.5 Å². The van der Waals surface area contributed by atoms with E-state index in [0.29, 0.717) is 5.82 Å². The van der Waals surface area contributed by atoms with E-state index in [4.69, 9.17) is 0 Å². The zero-order chi connectivity index (χ0) is 14.1. The first-order valence-corrected chi connectivity index (χ1v) is 7.20. The molecule has 3 heterocycles. The van der Waals surface area contributed by atoms with Crippen molar-refractivity contribution in [2.75, 3.05) is 12.4 Å². The fourth-order valence-corrected chi connectivity index (χ4v) is 2.71. The summed E-state index contributed by atoms with van der Waals surface area (Å²) in [4.78, 5) is 13.7. The molecular formula is C14H14BrN5. The van der Waals surface area contributed by atoms with Crippen molar-refractivity contribution in [1.82, 2.24) is 19.4 Å². The van der Waals surface area contributed by atoms with Crippen LogP contribution in [0.1, 0.15) is 12.6 Å². The lowest BCUT2D eigenvalue weighted by molar-refractivity contribution is 0.987. The van der Waals surface area contributed by atoms with E-state index in [2.05, 4.69) is 43.1 Å². The van der Waals surface area contributed by atoms with Gasteiger partial charge in [-0.2, -0.15) is 0 Å². The van der Waals surface area contributed by atoms with Crippen LogP contribution in [0.15, 0.2) is 35.1 Å². The van der Waals surface area contributed by atoms with Gasteiger partial charge < -0.3 is 9.72 Å². The number of fused-ring (bicyclic) bond motifs is 1. The zero-order valence-corrected chi connectivity index (χ0v) is 12.8. The number of hydrogen-bond donors (Lipinski definition) is 1. The number of pyridine rings is 1. The number of aryl methyl sites for hydroxylation is 1. The first kappa shape index (κ1) is 13.1. The number of hydrogen-bond acceptors (Lipinski definition) is 4. The lowest BCUT2D eigenvalue weighted by atomic mass is 10.3. The second kappa shape index (κ2) is 5.20. The normalized spacial score (nSPS) is 10.9. The van der Waals surface area contributed by atoms with Crippen LogP contribution in [0, 0.1) is 0 Å². The molecule has 0 atom stereocenters. The number of anilines is 1. The summed E-state index contributed by atoms with van der Waals surface area (Å²) in [6.07, 6.45) is 4.74. The van der Waals surface area contributed by atoms with Crippen LogP contribution in [0.5, 0.6) is 0 Å². The van der Waals surface area contributed by atoms with Crippen molar-refractivity contribution in [2.45, 2.75) is 13.3 Å². The highest BCUT2D eigenvalue weighted by Crippen LogP contribution is 2.27. The SMILES string of the molecule is CCc1nc(-c2cn3ccccc3n2)nc(NC)c1Br. The lowest BCUT2D eigenvalue weighted by Crippen LogP contribution is -2.02. The monoisotopic (exact) mass is 331 g/mol. The maximum Gasteiger partial charge on any atom is 0.182 e. The summed E-state index contributed by atoms with van der Waals surface area (Å²) < 4.78 is 2.88. The molecule has 0 fully saturated rings. The highest BCUT2D eigenvalue weighted by atomic mass is 79.9. The summed E-state index contributed by atoms with van der Waals surface area (Å²) in [6, 6.07) is 5.89. The topological polar surface area (TPSA) is 55.1 Å². The Kier molecular flexibility index (Phi) is 3.40. The van der Waals surface area contributed by atoms with Crippen molar-refractivity contribution in [1.29, 1.82) is 0 Å². The summed E-state index contributed by atoms with van der Waals surface area (Å²) in [7, 11) is 1.85. The molecule has 3 rings (SSSR count). The fraction of sp³-hybridized carbons (Fsp3) is 0.214. The lowest BCUT2D eigenvalue weighted by Gasteiger charge is -2.08. The summed E-state index contributed by atoms with van der Waals surface area (Å²) in [6.45, 7) is 2.07. The van der Waals surface area contributed by atoms with Crippen LogP contribution in [0.3, 0.4) is 0 Å². The highest BCUT2D eigenvalue weighted by molar-refractivity contribution is 9.10. The van der Waals surface area contributed by atoms with Gasteiger partial charge in [-0.15, -0.1) is 0 Å². The minimum absolute atomic E-state index is 0.637. The van der Waals surface area contributed by atoms with Crippen molar-refractivity contribution < 1.29 is 0 Å². The summed E-state index contributed by atoms with van der Waals surface area (Å²) in [5, 5.41) is 3.08. The first-order chi connectivity index (χ1) is 9.72. The van der Waals surface area contributed by atoms with Gasteiger partial charge in [-0.1, -0.05) is 13.0 Å². The molecule has 20 heavy (non-hydrogen) atoms. The van der Waals surface area contributed by atoms with Crippen molar-refractivity contribution in [2.24, 2.45) is 0 Å². The van der Waals surface area contributed by atoms with E-state index in [0.717, 1.165) is 33.7 Å². The first-order valence-electron chi connectivity index (χ1n) is 6.41. The molecule has 1 N–H and O–H groups in total. The van der Waals surface area contributed by atoms with Crippen LogP contribution in [0.2, 0.25) is 0 Å². The number of nitrogens with one attached hydrogen (secondary N) is 1. The average Bonchev–Trinajstić information content (AvgIpc) is 2.91. The van der Waals surface area contributed by atoms with Crippen LogP contribution in [0.25, 0.3) is 17.2 Å². The molecule has 0 bridgehead atoms. The smallest absolute Gasteiger partial charge is 0.182 e. The van der Waals surface area contributed by atoms with Crippen LogP contribution >= 0.6 is 15.9 Å². The molecule has 0 aliphatic rings. The molecule has 5 nitrogen and oxygen atoms in total. The maximum atomic E-state index is 4.59. The fourth-order valence-electron chi connectivity index (χ4n) is 2.05. The second-order valence-electron chi connectivity index (χ2n) is 4.35. The third-order valence-corrected chi connectivity index (χ3v) is 3.92. The number of aromatic nitrogens is 4. The summed E-state index contributed by atoms with van der Waals surface area (Å²) in [5.41, 5.74) is 2.63. The van der Waals surface area contributed by atoms with Gasteiger partial charge in [0.05, 0.1) is 10.2 Å². The molecule has 0 amide bonds. The third-order valence-electron chi connectivity index (χ3n) is 3.08. The Morgan fingerprint density at radius 2 is 2.10 bits per heavy atom. The van der Waals surface area contributed by atoms with Gasteiger partial charge in [0.15, 0.2) is 5.82 Å².